The van der Waals surface area contributed by atoms with Crippen LogP contribution in [0.15, 0.2) is 0 Å². The molecule has 0 aromatic heterocycles. The Bertz CT molecular complexity index is 317. The summed E-state index contributed by atoms with van der Waals surface area (Å²) < 4.78 is 0. The number of amides is 1. The van der Waals surface area contributed by atoms with Crippen LogP contribution in [-0.2, 0) is 4.79 Å². The Morgan fingerprint density at radius 3 is 2.53 bits per heavy atom. The van der Waals surface area contributed by atoms with Crippen molar-refractivity contribution < 1.29 is 4.79 Å². The first-order chi connectivity index (χ1) is 8.91. The predicted octanol–water partition coefficient (Wildman–Crippen LogP) is 3.12. The van der Waals surface area contributed by atoms with Gasteiger partial charge in [-0.05, 0) is 24.7 Å². The Morgan fingerprint density at radius 2 is 2.00 bits per heavy atom. The Hall–Kier alpha value is -0.640. The standard InChI is InChI=1S/C15H28N2OS/c1-11(2)10-15(18)17(9-8-14(16)19)13-7-5-4-6-12(13)3/h11-13H,4-10H2,1-3H3,(H2,16,19). The minimum atomic E-state index is 0.269. The highest BCUT2D eigenvalue weighted by molar-refractivity contribution is 7.80. The lowest BCUT2D eigenvalue weighted by molar-refractivity contribution is -0.136. The zero-order valence-electron chi connectivity index (χ0n) is 12.5. The Kier molecular flexibility index (Phi) is 6.76. The van der Waals surface area contributed by atoms with Crippen LogP contribution < -0.4 is 5.73 Å². The molecule has 1 amide bonds. The van der Waals surface area contributed by atoms with Gasteiger partial charge >= 0.3 is 0 Å². The van der Waals surface area contributed by atoms with E-state index in [9.17, 15) is 4.79 Å². The Balaban J connectivity index is 2.71. The van der Waals surface area contributed by atoms with E-state index < -0.39 is 0 Å². The average molecular weight is 284 g/mol. The summed E-state index contributed by atoms with van der Waals surface area (Å²) in [6, 6.07) is 0.384. The first-order valence-electron chi connectivity index (χ1n) is 7.49. The van der Waals surface area contributed by atoms with Gasteiger partial charge in [-0.15, -0.1) is 0 Å². The molecule has 0 heterocycles. The Morgan fingerprint density at radius 1 is 1.37 bits per heavy atom. The number of nitrogens with zero attached hydrogens (tertiary/aromatic N) is 1. The van der Waals surface area contributed by atoms with Crippen molar-refractivity contribution >= 4 is 23.1 Å². The SMILES string of the molecule is CC(C)CC(=O)N(CCC(N)=S)C1CCCCC1C. The second kappa shape index (κ2) is 7.83. The molecule has 0 saturated heterocycles. The highest BCUT2D eigenvalue weighted by Gasteiger charge is 2.30. The van der Waals surface area contributed by atoms with Crippen LogP contribution in [0.1, 0.15) is 59.3 Å². The Labute approximate surface area is 122 Å². The fourth-order valence-electron chi connectivity index (χ4n) is 2.93. The van der Waals surface area contributed by atoms with Crippen LogP contribution in [0.25, 0.3) is 0 Å². The van der Waals surface area contributed by atoms with E-state index in [1.165, 1.54) is 19.3 Å². The van der Waals surface area contributed by atoms with E-state index in [-0.39, 0.29) is 5.91 Å². The summed E-state index contributed by atoms with van der Waals surface area (Å²) in [5, 5.41) is 0. The molecule has 1 saturated carbocycles. The number of hydrogen-bond donors (Lipinski definition) is 1. The van der Waals surface area contributed by atoms with E-state index in [1.807, 2.05) is 0 Å². The predicted molar refractivity (Wildman–Crippen MR) is 84.0 cm³/mol. The number of carbonyl (C=O) groups excluding carboxylic acids is 1. The third-order valence-electron chi connectivity index (χ3n) is 3.97. The molecule has 3 nitrogen and oxygen atoms in total. The molecule has 4 heteroatoms. The average Bonchev–Trinajstić information content (AvgIpc) is 2.30. The van der Waals surface area contributed by atoms with Crippen molar-refractivity contribution in [2.24, 2.45) is 17.6 Å². The van der Waals surface area contributed by atoms with Crippen molar-refractivity contribution in [2.45, 2.75) is 65.3 Å². The summed E-state index contributed by atoms with van der Waals surface area (Å²) in [6.45, 7) is 7.14. The lowest BCUT2D eigenvalue weighted by atomic mass is 9.84. The zero-order valence-corrected chi connectivity index (χ0v) is 13.3. The van der Waals surface area contributed by atoms with Crippen molar-refractivity contribution in [3.63, 3.8) is 0 Å². The third kappa shape index (κ3) is 5.47. The molecule has 19 heavy (non-hydrogen) atoms. The van der Waals surface area contributed by atoms with Crippen molar-refractivity contribution in [2.75, 3.05) is 6.54 Å². The van der Waals surface area contributed by atoms with Gasteiger partial charge < -0.3 is 10.6 Å². The molecule has 0 bridgehead atoms. The summed E-state index contributed by atoms with van der Waals surface area (Å²) >= 11 is 4.96. The number of thiocarbonyl (C=S) groups is 1. The van der Waals surface area contributed by atoms with E-state index in [2.05, 4.69) is 25.7 Å². The van der Waals surface area contributed by atoms with Crippen LogP contribution in [0.4, 0.5) is 0 Å². The molecular formula is C15H28N2OS. The minimum Gasteiger partial charge on any atom is -0.393 e. The molecule has 0 aliphatic heterocycles. The number of nitrogens with two attached hydrogens (primary N) is 1. The van der Waals surface area contributed by atoms with E-state index >= 15 is 0 Å². The fraction of sp³-hybridized carbons (Fsp3) is 0.867. The molecule has 1 aliphatic carbocycles. The van der Waals surface area contributed by atoms with Gasteiger partial charge in [0.15, 0.2) is 0 Å². The van der Waals surface area contributed by atoms with Crippen LogP contribution >= 0.6 is 12.2 Å². The largest absolute Gasteiger partial charge is 0.393 e. The molecule has 0 spiro atoms. The van der Waals surface area contributed by atoms with Crippen LogP contribution in [0.5, 0.6) is 0 Å². The topological polar surface area (TPSA) is 46.3 Å². The number of carbonyl (C=O) groups is 1. The molecule has 110 valence electrons. The van der Waals surface area contributed by atoms with Gasteiger partial charge in [-0.2, -0.15) is 0 Å². The van der Waals surface area contributed by atoms with E-state index in [0.717, 1.165) is 6.42 Å². The molecule has 2 unspecified atom stereocenters. The number of rotatable bonds is 6. The monoisotopic (exact) mass is 284 g/mol. The van der Waals surface area contributed by atoms with E-state index in [0.29, 0.717) is 42.3 Å². The second-order valence-corrected chi connectivity index (χ2v) is 6.75. The first kappa shape index (κ1) is 16.4. The van der Waals surface area contributed by atoms with Crippen LogP contribution in [-0.4, -0.2) is 28.4 Å². The lowest BCUT2D eigenvalue weighted by Gasteiger charge is -2.39. The van der Waals surface area contributed by atoms with Gasteiger partial charge in [0.2, 0.25) is 5.91 Å². The minimum absolute atomic E-state index is 0.269. The molecule has 2 atom stereocenters. The second-order valence-electron chi connectivity index (χ2n) is 6.23. The van der Waals surface area contributed by atoms with Gasteiger partial charge in [0, 0.05) is 25.4 Å². The molecule has 2 N–H and O–H groups in total. The zero-order chi connectivity index (χ0) is 14.4. The van der Waals surface area contributed by atoms with E-state index in [4.69, 9.17) is 18.0 Å². The molecule has 1 rings (SSSR count). The van der Waals surface area contributed by atoms with Gasteiger partial charge in [0.05, 0.1) is 4.99 Å². The molecular weight excluding hydrogens is 256 g/mol. The van der Waals surface area contributed by atoms with E-state index in [1.54, 1.807) is 0 Å². The summed E-state index contributed by atoms with van der Waals surface area (Å²) in [5.41, 5.74) is 5.60. The smallest absolute Gasteiger partial charge is 0.223 e. The first-order valence-corrected chi connectivity index (χ1v) is 7.90. The van der Waals surface area contributed by atoms with Crippen molar-refractivity contribution in [3.8, 4) is 0 Å². The highest BCUT2D eigenvalue weighted by atomic mass is 32.1. The van der Waals surface area contributed by atoms with Crippen molar-refractivity contribution in [3.05, 3.63) is 0 Å². The highest BCUT2D eigenvalue weighted by Crippen LogP contribution is 2.29. The molecule has 0 aromatic carbocycles. The van der Waals surface area contributed by atoms with Gasteiger partial charge in [0.25, 0.3) is 0 Å². The summed E-state index contributed by atoms with van der Waals surface area (Å²) in [6.07, 6.45) is 6.14. The van der Waals surface area contributed by atoms with Crippen LogP contribution in [0.3, 0.4) is 0 Å². The van der Waals surface area contributed by atoms with Gasteiger partial charge in [-0.25, -0.2) is 0 Å². The van der Waals surface area contributed by atoms with Crippen LogP contribution in [0, 0.1) is 11.8 Å². The molecule has 1 fully saturated rings. The fourth-order valence-corrected chi connectivity index (χ4v) is 3.02. The normalized spacial score (nSPS) is 23.4. The molecule has 0 aromatic rings. The molecule has 1 aliphatic rings. The summed E-state index contributed by atoms with van der Waals surface area (Å²) in [7, 11) is 0. The maximum Gasteiger partial charge on any atom is 0.223 e. The number of hydrogen-bond acceptors (Lipinski definition) is 2. The van der Waals surface area contributed by atoms with Crippen LogP contribution in [0.2, 0.25) is 0 Å². The summed E-state index contributed by atoms with van der Waals surface area (Å²) in [4.78, 5) is 15.0. The third-order valence-corrected chi connectivity index (χ3v) is 4.17. The quantitative estimate of drug-likeness (QED) is 0.762. The molecule has 0 radical (unpaired) electrons. The maximum absolute atomic E-state index is 12.5. The van der Waals surface area contributed by atoms with Gasteiger partial charge in [-0.3, -0.25) is 4.79 Å². The van der Waals surface area contributed by atoms with Crippen molar-refractivity contribution in [1.82, 2.24) is 4.90 Å². The maximum atomic E-state index is 12.5. The van der Waals surface area contributed by atoms with Gasteiger partial charge in [-0.1, -0.05) is 45.8 Å². The van der Waals surface area contributed by atoms with Gasteiger partial charge in [0.1, 0.15) is 0 Å². The van der Waals surface area contributed by atoms with Crippen molar-refractivity contribution in [1.29, 1.82) is 0 Å². The lowest BCUT2D eigenvalue weighted by Crippen LogP contribution is -2.46. The summed E-state index contributed by atoms with van der Waals surface area (Å²) in [5.74, 6) is 1.26.